The minimum Gasteiger partial charge on any atom is -0.489 e. The highest BCUT2D eigenvalue weighted by atomic mass is 16.5. The van der Waals surface area contributed by atoms with Crippen LogP contribution in [0, 0.1) is 13.8 Å². The number of nitrogens with zero attached hydrogens (tertiary/aromatic N) is 5. The number of rotatable bonds is 5. The number of carbonyl (C=O) groups is 1. The molecule has 1 fully saturated rings. The minimum atomic E-state index is -0.312. The highest BCUT2D eigenvalue weighted by molar-refractivity contribution is 5.95. The Kier molecular flexibility index (Phi) is 4.92. The normalized spacial score (nSPS) is 13.9. The summed E-state index contributed by atoms with van der Waals surface area (Å²) in [5, 5.41) is 7.74. The lowest BCUT2D eigenvalue weighted by molar-refractivity contribution is -0.117. The van der Waals surface area contributed by atoms with E-state index in [9.17, 15) is 9.59 Å². The highest BCUT2D eigenvalue weighted by Crippen LogP contribution is 2.28. The van der Waals surface area contributed by atoms with Gasteiger partial charge in [0.05, 0.1) is 5.69 Å². The molecule has 2 heterocycles. The van der Waals surface area contributed by atoms with Crippen molar-refractivity contribution in [3.63, 3.8) is 0 Å². The largest absolute Gasteiger partial charge is 0.489 e. The van der Waals surface area contributed by atoms with E-state index in [0.29, 0.717) is 12.1 Å². The Balaban J connectivity index is 1.59. The van der Waals surface area contributed by atoms with Crippen molar-refractivity contribution in [1.29, 1.82) is 0 Å². The fraction of sp³-hybridized carbons (Fsp3) is 0.333. The summed E-state index contributed by atoms with van der Waals surface area (Å²) in [6, 6.07) is 11.5. The van der Waals surface area contributed by atoms with E-state index >= 15 is 0 Å². The lowest BCUT2D eigenvalue weighted by atomic mass is 10.1. The first-order valence-electron chi connectivity index (χ1n) is 9.57. The van der Waals surface area contributed by atoms with Gasteiger partial charge in [-0.1, -0.05) is 12.1 Å². The van der Waals surface area contributed by atoms with Gasteiger partial charge < -0.3 is 9.64 Å². The molecule has 8 nitrogen and oxygen atoms in total. The van der Waals surface area contributed by atoms with Gasteiger partial charge in [0.15, 0.2) is 0 Å². The second-order valence-electron chi connectivity index (χ2n) is 7.26. The van der Waals surface area contributed by atoms with Gasteiger partial charge in [-0.25, -0.2) is 4.79 Å². The van der Waals surface area contributed by atoms with Gasteiger partial charge in [0.25, 0.3) is 0 Å². The van der Waals surface area contributed by atoms with Crippen molar-refractivity contribution >= 4 is 11.6 Å². The fourth-order valence-electron chi connectivity index (χ4n) is 3.57. The molecule has 150 valence electrons. The molecule has 0 unspecified atom stereocenters. The molecule has 1 amide bonds. The van der Waals surface area contributed by atoms with Crippen LogP contribution in [0.5, 0.6) is 5.75 Å². The summed E-state index contributed by atoms with van der Waals surface area (Å²) in [5.74, 6) is 0.901. The average Bonchev–Trinajstić information content (AvgIpc) is 3.27. The number of ether oxygens (including phenoxy) is 1. The van der Waals surface area contributed by atoms with Gasteiger partial charge in [0.2, 0.25) is 5.91 Å². The number of anilines is 1. The van der Waals surface area contributed by atoms with Crippen LogP contribution >= 0.6 is 0 Å². The molecule has 3 aromatic rings. The Morgan fingerprint density at radius 3 is 2.55 bits per heavy atom. The van der Waals surface area contributed by atoms with E-state index < -0.39 is 0 Å². The monoisotopic (exact) mass is 393 g/mol. The van der Waals surface area contributed by atoms with Crippen LogP contribution in [-0.4, -0.2) is 32.2 Å². The number of benzene rings is 2. The lowest BCUT2D eigenvalue weighted by Gasteiger charge is -2.18. The second kappa shape index (κ2) is 7.54. The van der Waals surface area contributed by atoms with Crippen molar-refractivity contribution in [1.82, 2.24) is 19.8 Å². The summed E-state index contributed by atoms with van der Waals surface area (Å²) in [7, 11) is 1.56. The number of hydrogen-bond donors (Lipinski definition) is 0. The maximum absolute atomic E-state index is 12.3. The topological polar surface area (TPSA) is 82.2 Å². The molecule has 29 heavy (non-hydrogen) atoms. The van der Waals surface area contributed by atoms with Crippen LogP contribution < -0.4 is 15.3 Å². The zero-order chi connectivity index (χ0) is 20.5. The van der Waals surface area contributed by atoms with Crippen molar-refractivity contribution in [2.75, 3.05) is 11.4 Å². The number of aryl methyl sites for hydroxylation is 3. The smallest absolute Gasteiger partial charge is 0.368 e. The first kappa shape index (κ1) is 18.9. The molecule has 0 atom stereocenters. The van der Waals surface area contributed by atoms with Gasteiger partial charge >= 0.3 is 5.69 Å². The van der Waals surface area contributed by atoms with Crippen molar-refractivity contribution in [3.8, 4) is 11.4 Å². The molecule has 1 aliphatic rings. The molecule has 0 aliphatic carbocycles. The van der Waals surface area contributed by atoms with Gasteiger partial charge in [-0.05, 0) is 66.1 Å². The minimum absolute atomic E-state index is 0.164. The number of carbonyl (C=O) groups excluding carboxylic acids is 1. The summed E-state index contributed by atoms with van der Waals surface area (Å²) in [5.41, 5.74) is 4.06. The highest BCUT2D eigenvalue weighted by Gasteiger charge is 2.22. The van der Waals surface area contributed by atoms with Crippen LogP contribution in [0.15, 0.2) is 41.2 Å². The predicted octanol–water partition coefficient (Wildman–Crippen LogP) is 2.29. The Bertz CT molecular complexity index is 1130. The van der Waals surface area contributed by atoms with Gasteiger partial charge in [-0.2, -0.15) is 9.36 Å². The molecule has 0 radical (unpaired) electrons. The lowest BCUT2D eigenvalue weighted by Crippen LogP contribution is -2.23. The molecule has 4 rings (SSSR count). The SMILES string of the molecule is Cc1cc(N2CCCC2=O)ccc1OCc1c(C)cccc1-n1nnn(C)c1=O. The molecular formula is C21H23N5O3. The Labute approximate surface area is 168 Å². The quantitative estimate of drug-likeness (QED) is 0.664. The average molecular weight is 393 g/mol. The third-order valence-corrected chi connectivity index (χ3v) is 5.25. The van der Waals surface area contributed by atoms with E-state index in [0.717, 1.165) is 41.1 Å². The van der Waals surface area contributed by atoms with Crippen LogP contribution in [0.3, 0.4) is 0 Å². The van der Waals surface area contributed by atoms with Gasteiger partial charge in [-0.15, -0.1) is 0 Å². The number of aromatic nitrogens is 4. The molecule has 1 aromatic heterocycles. The first-order chi connectivity index (χ1) is 14.0. The van der Waals surface area contributed by atoms with E-state index in [1.165, 1.54) is 9.36 Å². The standard InChI is InChI=1S/C21H23N5O3/c1-14-6-4-7-18(26-21(28)24(3)22-23-26)17(14)13-29-19-10-9-16(12-15(19)2)25-11-5-8-20(25)27/h4,6-7,9-10,12H,5,8,11,13H2,1-3H3. The first-order valence-corrected chi connectivity index (χ1v) is 9.57. The second-order valence-corrected chi connectivity index (χ2v) is 7.26. The van der Waals surface area contributed by atoms with Crippen LogP contribution in [0.2, 0.25) is 0 Å². The van der Waals surface area contributed by atoms with Crippen LogP contribution in [0.4, 0.5) is 5.69 Å². The predicted molar refractivity (Wildman–Crippen MR) is 108 cm³/mol. The zero-order valence-electron chi connectivity index (χ0n) is 16.8. The molecule has 0 spiro atoms. The van der Waals surface area contributed by atoms with Crippen molar-refractivity contribution in [2.45, 2.75) is 33.3 Å². The van der Waals surface area contributed by atoms with Gasteiger partial charge in [-0.3, -0.25) is 4.79 Å². The Morgan fingerprint density at radius 1 is 1.07 bits per heavy atom. The summed E-state index contributed by atoms with van der Waals surface area (Å²) < 4.78 is 8.55. The van der Waals surface area contributed by atoms with Crippen LogP contribution in [0.1, 0.15) is 29.5 Å². The van der Waals surface area contributed by atoms with Crippen molar-refractivity contribution < 1.29 is 9.53 Å². The molecule has 0 bridgehead atoms. The molecule has 0 saturated carbocycles. The van der Waals surface area contributed by atoms with Crippen molar-refractivity contribution in [2.24, 2.45) is 7.05 Å². The van der Waals surface area contributed by atoms with Gasteiger partial charge in [0, 0.05) is 31.3 Å². The zero-order valence-corrected chi connectivity index (χ0v) is 16.8. The van der Waals surface area contributed by atoms with E-state index in [1.54, 1.807) is 7.05 Å². The Hall–Kier alpha value is -3.42. The number of tetrazole rings is 1. The third-order valence-electron chi connectivity index (χ3n) is 5.25. The Morgan fingerprint density at radius 2 is 1.90 bits per heavy atom. The molecule has 2 aromatic carbocycles. The van der Waals surface area contributed by atoms with Gasteiger partial charge in [0.1, 0.15) is 12.4 Å². The summed E-state index contributed by atoms with van der Waals surface area (Å²) in [6.07, 6.45) is 1.50. The van der Waals surface area contributed by atoms with E-state index in [-0.39, 0.29) is 18.2 Å². The van der Waals surface area contributed by atoms with E-state index in [2.05, 4.69) is 10.4 Å². The number of hydrogen-bond acceptors (Lipinski definition) is 5. The van der Waals surface area contributed by atoms with Crippen LogP contribution in [0.25, 0.3) is 5.69 Å². The summed E-state index contributed by atoms with van der Waals surface area (Å²) >= 11 is 0. The summed E-state index contributed by atoms with van der Waals surface area (Å²) in [4.78, 5) is 26.1. The van der Waals surface area contributed by atoms with Crippen LogP contribution in [-0.2, 0) is 18.4 Å². The molecular weight excluding hydrogens is 370 g/mol. The molecule has 0 N–H and O–H groups in total. The molecule has 1 saturated heterocycles. The fourth-order valence-corrected chi connectivity index (χ4v) is 3.57. The number of amides is 1. The maximum atomic E-state index is 12.3. The molecule has 1 aliphatic heterocycles. The maximum Gasteiger partial charge on any atom is 0.368 e. The van der Waals surface area contributed by atoms with E-state index in [1.807, 2.05) is 55.1 Å². The van der Waals surface area contributed by atoms with E-state index in [4.69, 9.17) is 4.74 Å². The molecule has 8 heteroatoms. The van der Waals surface area contributed by atoms with Crippen molar-refractivity contribution in [3.05, 3.63) is 63.6 Å². The summed E-state index contributed by atoms with van der Waals surface area (Å²) in [6.45, 7) is 4.98. The third kappa shape index (κ3) is 3.53.